The van der Waals surface area contributed by atoms with Crippen LogP contribution >= 0.6 is 0 Å². The summed E-state index contributed by atoms with van der Waals surface area (Å²) in [6.45, 7) is 1.97. The summed E-state index contributed by atoms with van der Waals surface area (Å²) in [4.78, 5) is 4.29. The average molecular weight is 232 g/mol. The van der Waals surface area contributed by atoms with Crippen LogP contribution in [0.1, 0.15) is 6.92 Å². The number of methoxy groups -OCH3 is 1. The van der Waals surface area contributed by atoms with Crippen molar-refractivity contribution in [1.82, 2.24) is 4.98 Å². The van der Waals surface area contributed by atoms with E-state index in [0.717, 1.165) is 22.3 Å². The van der Waals surface area contributed by atoms with Gasteiger partial charge in [0.25, 0.3) is 0 Å². The lowest BCUT2D eigenvalue weighted by molar-refractivity contribution is 0.281. The fourth-order valence-electron chi connectivity index (χ4n) is 1.67. The summed E-state index contributed by atoms with van der Waals surface area (Å²) in [7, 11) is 1.64. The Labute approximate surface area is 100 Å². The summed E-state index contributed by atoms with van der Waals surface area (Å²) in [6, 6.07) is 7.77. The van der Waals surface area contributed by atoms with Crippen molar-refractivity contribution in [3.63, 3.8) is 0 Å². The molecule has 0 saturated heterocycles. The number of fused-ring (bicyclic) bond motifs is 1. The highest BCUT2D eigenvalue weighted by molar-refractivity contribution is 5.92. The molecule has 0 aliphatic rings. The van der Waals surface area contributed by atoms with E-state index in [2.05, 4.69) is 10.3 Å². The Morgan fingerprint density at radius 3 is 2.94 bits per heavy atom. The Kier molecular flexibility index (Phi) is 3.44. The molecule has 0 aliphatic carbocycles. The van der Waals surface area contributed by atoms with E-state index in [9.17, 15) is 0 Å². The number of rotatable bonds is 4. The number of hydrogen-bond donors (Lipinski definition) is 2. The van der Waals surface area contributed by atoms with Gasteiger partial charge in [0.2, 0.25) is 0 Å². The molecule has 1 aromatic heterocycles. The van der Waals surface area contributed by atoms with E-state index >= 15 is 0 Å². The molecule has 4 nitrogen and oxygen atoms in total. The lowest BCUT2D eigenvalue weighted by Gasteiger charge is -2.13. The molecule has 17 heavy (non-hydrogen) atoms. The maximum Gasteiger partial charge on any atom is 0.134 e. The standard InChI is InChI=1S/C13H16N2O2/c1-9(8-16)15-13-12-7-11(17-2)4-3-10(12)5-6-14-13/h3-7,9,16H,8H2,1-2H3,(H,14,15). The summed E-state index contributed by atoms with van der Waals surface area (Å²) in [5.74, 6) is 1.56. The van der Waals surface area contributed by atoms with Crippen molar-refractivity contribution in [3.05, 3.63) is 30.5 Å². The van der Waals surface area contributed by atoms with Crippen molar-refractivity contribution in [2.75, 3.05) is 19.0 Å². The smallest absolute Gasteiger partial charge is 0.134 e. The number of benzene rings is 1. The zero-order valence-corrected chi connectivity index (χ0v) is 9.97. The average Bonchev–Trinajstić information content (AvgIpc) is 2.38. The Bertz CT molecular complexity index is 514. The highest BCUT2D eigenvalue weighted by Crippen LogP contribution is 2.25. The van der Waals surface area contributed by atoms with Gasteiger partial charge in [-0.3, -0.25) is 0 Å². The van der Waals surface area contributed by atoms with Crippen molar-refractivity contribution in [3.8, 4) is 5.75 Å². The van der Waals surface area contributed by atoms with Gasteiger partial charge in [-0.25, -0.2) is 4.98 Å². The van der Waals surface area contributed by atoms with Crippen molar-refractivity contribution in [2.24, 2.45) is 0 Å². The zero-order chi connectivity index (χ0) is 12.3. The fourth-order valence-corrected chi connectivity index (χ4v) is 1.67. The SMILES string of the molecule is COc1ccc2ccnc(NC(C)CO)c2c1. The van der Waals surface area contributed by atoms with Crippen LogP contribution in [0.25, 0.3) is 10.8 Å². The van der Waals surface area contributed by atoms with Crippen LogP contribution in [0.5, 0.6) is 5.75 Å². The first-order valence-electron chi connectivity index (χ1n) is 5.54. The molecular weight excluding hydrogens is 216 g/mol. The molecule has 1 heterocycles. The quantitative estimate of drug-likeness (QED) is 0.847. The Balaban J connectivity index is 2.46. The van der Waals surface area contributed by atoms with Crippen LogP contribution in [-0.2, 0) is 0 Å². The van der Waals surface area contributed by atoms with Crippen LogP contribution in [0.3, 0.4) is 0 Å². The van der Waals surface area contributed by atoms with Crippen LogP contribution in [0.15, 0.2) is 30.5 Å². The molecular formula is C13H16N2O2. The van der Waals surface area contributed by atoms with E-state index < -0.39 is 0 Å². The molecule has 2 N–H and O–H groups in total. The van der Waals surface area contributed by atoms with Gasteiger partial charge in [0, 0.05) is 17.6 Å². The van der Waals surface area contributed by atoms with Gasteiger partial charge in [0.05, 0.1) is 13.7 Å². The molecule has 4 heteroatoms. The number of aromatic nitrogens is 1. The number of anilines is 1. The number of nitrogens with one attached hydrogen (secondary N) is 1. The summed E-state index contributed by atoms with van der Waals surface area (Å²) in [5, 5.41) is 14.3. The second kappa shape index (κ2) is 5.01. The summed E-state index contributed by atoms with van der Waals surface area (Å²) >= 11 is 0. The van der Waals surface area contributed by atoms with Gasteiger partial charge in [-0.15, -0.1) is 0 Å². The van der Waals surface area contributed by atoms with Crippen LogP contribution in [0, 0.1) is 0 Å². The minimum Gasteiger partial charge on any atom is -0.497 e. The Hall–Kier alpha value is -1.81. The van der Waals surface area contributed by atoms with E-state index in [-0.39, 0.29) is 12.6 Å². The molecule has 0 amide bonds. The minimum absolute atomic E-state index is 0.0284. The summed E-state index contributed by atoms with van der Waals surface area (Å²) < 4.78 is 5.20. The van der Waals surface area contributed by atoms with Gasteiger partial charge in [-0.2, -0.15) is 0 Å². The minimum atomic E-state index is -0.0284. The predicted molar refractivity (Wildman–Crippen MR) is 68.5 cm³/mol. The Morgan fingerprint density at radius 2 is 2.24 bits per heavy atom. The van der Waals surface area contributed by atoms with Crippen LogP contribution in [0.4, 0.5) is 5.82 Å². The normalized spacial score (nSPS) is 12.4. The monoisotopic (exact) mass is 232 g/mol. The van der Waals surface area contributed by atoms with Gasteiger partial charge < -0.3 is 15.2 Å². The van der Waals surface area contributed by atoms with Crippen LogP contribution in [0.2, 0.25) is 0 Å². The van der Waals surface area contributed by atoms with E-state index in [1.165, 1.54) is 0 Å². The van der Waals surface area contributed by atoms with E-state index in [0.29, 0.717) is 0 Å². The topological polar surface area (TPSA) is 54.4 Å². The molecule has 1 aromatic carbocycles. The summed E-state index contributed by atoms with van der Waals surface area (Å²) in [6.07, 6.45) is 1.75. The van der Waals surface area contributed by atoms with Gasteiger partial charge in [0.1, 0.15) is 11.6 Å². The molecule has 0 aliphatic heterocycles. The number of hydrogen-bond acceptors (Lipinski definition) is 4. The fraction of sp³-hybridized carbons (Fsp3) is 0.308. The van der Waals surface area contributed by atoms with Crippen molar-refractivity contribution < 1.29 is 9.84 Å². The molecule has 0 bridgehead atoms. The van der Waals surface area contributed by atoms with Gasteiger partial charge >= 0.3 is 0 Å². The third-order valence-electron chi connectivity index (χ3n) is 2.63. The maximum absolute atomic E-state index is 9.05. The number of ether oxygens (including phenoxy) is 1. The van der Waals surface area contributed by atoms with E-state index in [1.807, 2.05) is 31.2 Å². The van der Waals surface area contributed by atoms with Crippen molar-refractivity contribution in [1.29, 1.82) is 0 Å². The molecule has 0 radical (unpaired) electrons. The molecule has 2 aromatic rings. The van der Waals surface area contributed by atoms with Crippen LogP contribution < -0.4 is 10.1 Å². The first kappa shape index (κ1) is 11.7. The molecule has 0 fully saturated rings. The van der Waals surface area contributed by atoms with Crippen molar-refractivity contribution >= 4 is 16.6 Å². The number of aliphatic hydroxyl groups is 1. The van der Waals surface area contributed by atoms with Crippen molar-refractivity contribution in [2.45, 2.75) is 13.0 Å². The van der Waals surface area contributed by atoms with Gasteiger partial charge in [-0.1, -0.05) is 6.07 Å². The first-order chi connectivity index (χ1) is 8.24. The lowest BCUT2D eigenvalue weighted by Crippen LogP contribution is -2.20. The molecule has 1 atom stereocenters. The maximum atomic E-state index is 9.05. The zero-order valence-electron chi connectivity index (χ0n) is 9.97. The number of nitrogens with zero attached hydrogens (tertiary/aromatic N) is 1. The molecule has 0 saturated carbocycles. The summed E-state index contributed by atoms with van der Waals surface area (Å²) in [5.41, 5.74) is 0. The van der Waals surface area contributed by atoms with E-state index in [1.54, 1.807) is 13.3 Å². The third kappa shape index (κ3) is 2.47. The lowest BCUT2D eigenvalue weighted by atomic mass is 10.1. The second-order valence-corrected chi connectivity index (χ2v) is 3.97. The highest BCUT2D eigenvalue weighted by atomic mass is 16.5. The molecule has 0 spiro atoms. The molecule has 2 rings (SSSR count). The Morgan fingerprint density at radius 1 is 1.41 bits per heavy atom. The van der Waals surface area contributed by atoms with Gasteiger partial charge in [-0.05, 0) is 30.5 Å². The number of pyridine rings is 1. The third-order valence-corrected chi connectivity index (χ3v) is 2.63. The van der Waals surface area contributed by atoms with E-state index in [4.69, 9.17) is 9.84 Å². The molecule has 1 unspecified atom stereocenters. The number of aliphatic hydroxyl groups excluding tert-OH is 1. The van der Waals surface area contributed by atoms with Crippen LogP contribution in [-0.4, -0.2) is 29.8 Å². The highest BCUT2D eigenvalue weighted by Gasteiger charge is 2.06. The molecule has 90 valence electrons. The predicted octanol–water partition coefficient (Wildman–Crippen LogP) is 2.04. The second-order valence-electron chi connectivity index (χ2n) is 3.97. The largest absolute Gasteiger partial charge is 0.497 e. The first-order valence-corrected chi connectivity index (χ1v) is 5.54. The van der Waals surface area contributed by atoms with Gasteiger partial charge in [0.15, 0.2) is 0 Å².